The van der Waals surface area contributed by atoms with E-state index in [4.69, 9.17) is 21.1 Å². The highest BCUT2D eigenvalue weighted by atomic mass is 35.5. The molecule has 0 saturated carbocycles. The summed E-state index contributed by atoms with van der Waals surface area (Å²) in [4.78, 5) is 20.4. The van der Waals surface area contributed by atoms with Gasteiger partial charge in [0.15, 0.2) is 0 Å². The SMILES string of the molecule is Cc1cc(Oc2ncccn2)ccc1NC(=O)/C=C/C1=Cc2cc(Cl)ccc2OC1. The lowest BCUT2D eigenvalue weighted by Gasteiger charge is -2.16. The predicted octanol–water partition coefficient (Wildman–Crippen LogP) is 5.20. The summed E-state index contributed by atoms with van der Waals surface area (Å²) >= 11 is 6.03. The third kappa shape index (κ3) is 4.85. The van der Waals surface area contributed by atoms with Crippen molar-refractivity contribution in [3.05, 3.63) is 88.7 Å². The van der Waals surface area contributed by atoms with Crippen LogP contribution < -0.4 is 14.8 Å². The Hall–Kier alpha value is -3.64. The Morgan fingerprint density at radius 1 is 1.20 bits per heavy atom. The van der Waals surface area contributed by atoms with Gasteiger partial charge >= 0.3 is 6.01 Å². The van der Waals surface area contributed by atoms with E-state index in [2.05, 4.69) is 15.3 Å². The second-order valence-corrected chi connectivity index (χ2v) is 7.06. The van der Waals surface area contributed by atoms with Crippen LogP contribution in [-0.2, 0) is 4.79 Å². The van der Waals surface area contributed by atoms with Crippen LogP contribution in [0.25, 0.3) is 6.08 Å². The second-order valence-electron chi connectivity index (χ2n) is 6.62. The zero-order valence-corrected chi connectivity index (χ0v) is 16.9. The van der Waals surface area contributed by atoms with Crippen molar-refractivity contribution >= 4 is 29.3 Å². The van der Waals surface area contributed by atoms with Crippen molar-refractivity contribution in [2.24, 2.45) is 0 Å². The van der Waals surface area contributed by atoms with Gasteiger partial charge in [-0.25, -0.2) is 9.97 Å². The zero-order valence-electron chi connectivity index (χ0n) is 16.1. The number of aromatic nitrogens is 2. The van der Waals surface area contributed by atoms with Gasteiger partial charge in [-0.2, -0.15) is 0 Å². The number of fused-ring (bicyclic) bond motifs is 1. The molecular weight excluding hydrogens is 402 g/mol. The molecule has 7 heteroatoms. The number of hydrogen-bond acceptors (Lipinski definition) is 5. The van der Waals surface area contributed by atoms with E-state index in [1.54, 1.807) is 42.7 Å². The Kier molecular flexibility index (Phi) is 5.77. The van der Waals surface area contributed by atoms with Gasteiger partial charge in [0.05, 0.1) is 0 Å². The summed E-state index contributed by atoms with van der Waals surface area (Å²) < 4.78 is 11.3. The standard InChI is InChI=1S/C23H18ClN3O3/c1-15-11-19(30-23-25-9-2-10-26-23)5-6-20(15)27-22(28)8-3-16-12-17-13-18(24)4-7-21(17)29-14-16/h2-13H,14H2,1H3,(H,27,28)/b8-3+. The molecule has 150 valence electrons. The van der Waals surface area contributed by atoms with Crippen LogP contribution in [0.3, 0.4) is 0 Å². The normalized spacial score (nSPS) is 12.7. The molecule has 0 bridgehead atoms. The summed E-state index contributed by atoms with van der Waals surface area (Å²) in [6.45, 7) is 2.28. The first kappa shape index (κ1) is 19.7. The van der Waals surface area contributed by atoms with E-state index >= 15 is 0 Å². The molecule has 2 aromatic carbocycles. The lowest BCUT2D eigenvalue weighted by atomic mass is 10.1. The monoisotopic (exact) mass is 419 g/mol. The highest BCUT2D eigenvalue weighted by Gasteiger charge is 2.11. The van der Waals surface area contributed by atoms with Crippen LogP contribution in [0.2, 0.25) is 5.02 Å². The molecule has 0 radical (unpaired) electrons. The molecule has 0 aliphatic carbocycles. The molecule has 1 aliphatic heterocycles. The van der Waals surface area contributed by atoms with Crippen LogP contribution in [0.15, 0.2) is 72.6 Å². The lowest BCUT2D eigenvalue weighted by Crippen LogP contribution is -2.10. The maximum absolute atomic E-state index is 12.3. The van der Waals surface area contributed by atoms with Crippen LogP contribution in [0.5, 0.6) is 17.5 Å². The molecule has 1 N–H and O–H groups in total. The summed E-state index contributed by atoms with van der Waals surface area (Å²) in [5.41, 5.74) is 3.32. The van der Waals surface area contributed by atoms with Gasteiger partial charge in [-0.1, -0.05) is 17.7 Å². The molecule has 1 aromatic heterocycles. The minimum Gasteiger partial charge on any atom is -0.488 e. The molecule has 1 aliphatic rings. The number of rotatable bonds is 5. The number of anilines is 1. The maximum Gasteiger partial charge on any atom is 0.321 e. The summed E-state index contributed by atoms with van der Waals surface area (Å²) in [6, 6.07) is 12.8. The number of nitrogens with zero attached hydrogens (tertiary/aromatic N) is 2. The van der Waals surface area contributed by atoms with Gasteiger partial charge in [-0.3, -0.25) is 4.79 Å². The number of nitrogens with one attached hydrogen (secondary N) is 1. The summed E-state index contributed by atoms with van der Waals surface area (Å²) in [5.74, 6) is 1.13. The van der Waals surface area contributed by atoms with E-state index in [0.717, 1.165) is 22.4 Å². The molecule has 2 heterocycles. The average Bonchev–Trinajstić information content (AvgIpc) is 2.74. The van der Waals surface area contributed by atoms with Crippen LogP contribution in [0.1, 0.15) is 11.1 Å². The number of benzene rings is 2. The summed E-state index contributed by atoms with van der Waals surface area (Å²) in [7, 11) is 0. The number of hydrogen-bond donors (Lipinski definition) is 1. The highest BCUT2D eigenvalue weighted by molar-refractivity contribution is 6.30. The summed E-state index contributed by atoms with van der Waals surface area (Å²) in [5, 5.41) is 3.50. The van der Waals surface area contributed by atoms with E-state index in [1.807, 2.05) is 31.2 Å². The molecule has 0 atom stereocenters. The fraction of sp³-hybridized carbons (Fsp3) is 0.0870. The number of carbonyl (C=O) groups excluding carboxylic acids is 1. The maximum atomic E-state index is 12.3. The van der Waals surface area contributed by atoms with E-state index in [-0.39, 0.29) is 11.9 Å². The van der Waals surface area contributed by atoms with Gasteiger partial charge in [0.2, 0.25) is 5.91 Å². The fourth-order valence-corrected chi connectivity index (χ4v) is 3.08. The highest BCUT2D eigenvalue weighted by Crippen LogP contribution is 2.29. The molecule has 6 nitrogen and oxygen atoms in total. The zero-order chi connectivity index (χ0) is 20.9. The first-order chi connectivity index (χ1) is 14.6. The first-order valence-electron chi connectivity index (χ1n) is 9.24. The Bertz CT molecular complexity index is 1140. The van der Waals surface area contributed by atoms with Gasteiger partial charge in [0.1, 0.15) is 18.1 Å². The molecule has 3 aromatic rings. The average molecular weight is 420 g/mol. The molecule has 30 heavy (non-hydrogen) atoms. The fourth-order valence-electron chi connectivity index (χ4n) is 2.90. The van der Waals surface area contributed by atoms with Crippen LogP contribution >= 0.6 is 11.6 Å². The number of carbonyl (C=O) groups is 1. The minimum atomic E-state index is -0.240. The molecule has 4 rings (SSSR count). The second kappa shape index (κ2) is 8.80. The number of ether oxygens (including phenoxy) is 2. The Labute approximate surface area is 178 Å². The van der Waals surface area contributed by atoms with Gasteiger partial charge in [0.25, 0.3) is 0 Å². The van der Waals surface area contributed by atoms with Crippen molar-refractivity contribution in [1.82, 2.24) is 9.97 Å². The Morgan fingerprint density at radius 3 is 2.83 bits per heavy atom. The number of amides is 1. The number of halogens is 1. The van der Waals surface area contributed by atoms with Crippen LogP contribution in [0, 0.1) is 6.92 Å². The molecule has 0 fully saturated rings. The van der Waals surface area contributed by atoms with Gasteiger partial charge in [-0.15, -0.1) is 0 Å². The van der Waals surface area contributed by atoms with Crippen molar-refractivity contribution < 1.29 is 14.3 Å². The van der Waals surface area contributed by atoms with E-state index < -0.39 is 0 Å². The number of aryl methyl sites for hydroxylation is 1. The van der Waals surface area contributed by atoms with E-state index in [0.29, 0.717) is 23.1 Å². The third-order valence-electron chi connectivity index (χ3n) is 4.36. The van der Waals surface area contributed by atoms with Gasteiger partial charge in [-0.05, 0) is 66.6 Å². The van der Waals surface area contributed by atoms with Crippen molar-refractivity contribution in [2.75, 3.05) is 11.9 Å². The van der Waals surface area contributed by atoms with Crippen molar-refractivity contribution in [3.8, 4) is 17.5 Å². The van der Waals surface area contributed by atoms with E-state index in [9.17, 15) is 4.79 Å². The topological polar surface area (TPSA) is 73.3 Å². The molecule has 0 unspecified atom stereocenters. The van der Waals surface area contributed by atoms with Crippen molar-refractivity contribution in [1.29, 1.82) is 0 Å². The largest absolute Gasteiger partial charge is 0.488 e. The van der Waals surface area contributed by atoms with Gasteiger partial charge in [0, 0.05) is 34.7 Å². The third-order valence-corrected chi connectivity index (χ3v) is 4.60. The van der Waals surface area contributed by atoms with Crippen molar-refractivity contribution in [3.63, 3.8) is 0 Å². The van der Waals surface area contributed by atoms with Crippen LogP contribution in [0.4, 0.5) is 5.69 Å². The Morgan fingerprint density at radius 2 is 2.03 bits per heavy atom. The van der Waals surface area contributed by atoms with Gasteiger partial charge < -0.3 is 14.8 Å². The molecule has 0 spiro atoms. The Balaban J connectivity index is 1.40. The summed E-state index contributed by atoms with van der Waals surface area (Å²) in [6.07, 6.45) is 8.38. The van der Waals surface area contributed by atoms with E-state index in [1.165, 1.54) is 6.08 Å². The predicted molar refractivity (Wildman–Crippen MR) is 116 cm³/mol. The smallest absolute Gasteiger partial charge is 0.321 e. The van der Waals surface area contributed by atoms with Crippen LogP contribution in [-0.4, -0.2) is 22.5 Å². The first-order valence-corrected chi connectivity index (χ1v) is 9.62. The molecular formula is C23H18ClN3O3. The van der Waals surface area contributed by atoms with Crippen molar-refractivity contribution in [2.45, 2.75) is 6.92 Å². The quantitative estimate of drug-likeness (QED) is 0.575. The molecule has 0 saturated heterocycles. The molecule has 1 amide bonds. The lowest BCUT2D eigenvalue weighted by molar-refractivity contribution is -0.111. The minimum absolute atomic E-state index is 0.240.